The average molecular weight is 262 g/mol. The summed E-state index contributed by atoms with van der Waals surface area (Å²) in [5, 5.41) is 0.710. The topological polar surface area (TPSA) is 17.1 Å². The first-order valence-electron chi connectivity index (χ1n) is 3.97. The van der Waals surface area contributed by atoms with E-state index in [4.69, 9.17) is 11.6 Å². The fourth-order valence-electron chi connectivity index (χ4n) is 1.09. The molecule has 0 saturated carbocycles. The van der Waals surface area contributed by atoms with Crippen LogP contribution in [0.15, 0.2) is 16.6 Å². The molecule has 0 aliphatic rings. The van der Waals surface area contributed by atoms with Gasteiger partial charge in [-0.05, 0) is 40.0 Å². The Morgan fingerprint density at radius 2 is 2.15 bits per heavy atom. The Balaban J connectivity index is 3.20. The zero-order valence-electron chi connectivity index (χ0n) is 7.47. The molecule has 1 rings (SSSR count). The highest BCUT2D eigenvalue weighted by Gasteiger charge is 2.08. The third-order valence-corrected chi connectivity index (χ3v) is 3.32. The lowest BCUT2D eigenvalue weighted by atomic mass is 10.0. The first-order chi connectivity index (χ1) is 6.06. The van der Waals surface area contributed by atoms with E-state index in [0.717, 1.165) is 21.9 Å². The van der Waals surface area contributed by atoms with Crippen molar-refractivity contribution in [1.82, 2.24) is 0 Å². The van der Waals surface area contributed by atoms with Crippen molar-refractivity contribution in [1.29, 1.82) is 0 Å². The first kappa shape index (κ1) is 10.7. The molecule has 0 aliphatic carbocycles. The Labute approximate surface area is 91.2 Å². The molecule has 0 saturated heterocycles. The number of carbonyl (C=O) groups excluding carboxylic acids is 1. The van der Waals surface area contributed by atoms with Crippen LogP contribution in [0.25, 0.3) is 0 Å². The lowest BCUT2D eigenvalue weighted by molar-refractivity contribution is -0.108. The molecule has 0 radical (unpaired) electrons. The summed E-state index contributed by atoms with van der Waals surface area (Å²) in [4.78, 5) is 10.6. The molecule has 0 aliphatic heterocycles. The molecule has 0 fully saturated rings. The summed E-state index contributed by atoms with van der Waals surface area (Å²) in [6.07, 6.45) is 0.926. The molecule has 0 bridgehead atoms. The van der Waals surface area contributed by atoms with E-state index in [1.54, 1.807) is 0 Å². The van der Waals surface area contributed by atoms with Crippen molar-refractivity contribution in [3.05, 3.63) is 32.8 Å². The van der Waals surface area contributed by atoms with E-state index < -0.39 is 0 Å². The smallest absolute Gasteiger partial charge is 0.127 e. The van der Waals surface area contributed by atoms with Gasteiger partial charge in [-0.2, -0.15) is 0 Å². The van der Waals surface area contributed by atoms with Crippen molar-refractivity contribution in [2.75, 3.05) is 0 Å². The van der Waals surface area contributed by atoms with Crippen LogP contribution in [0, 0.1) is 6.92 Å². The van der Waals surface area contributed by atoms with Crippen LogP contribution in [0.3, 0.4) is 0 Å². The summed E-state index contributed by atoms with van der Waals surface area (Å²) in [6.45, 7) is 3.79. The van der Waals surface area contributed by atoms with E-state index >= 15 is 0 Å². The Bertz CT molecular complexity index is 313. The quantitative estimate of drug-likeness (QED) is 0.742. The number of halogens is 2. The normalized spacial score (nSPS) is 12.6. The summed E-state index contributed by atoms with van der Waals surface area (Å²) < 4.78 is 0.845. The van der Waals surface area contributed by atoms with Crippen molar-refractivity contribution in [3.8, 4) is 0 Å². The Morgan fingerprint density at radius 1 is 1.54 bits per heavy atom. The minimum atomic E-state index is -0.0766. The highest BCUT2D eigenvalue weighted by atomic mass is 79.9. The van der Waals surface area contributed by atoms with Gasteiger partial charge in [0.2, 0.25) is 0 Å². The van der Waals surface area contributed by atoms with Gasteiger partial charge in [0.25, 0.3) is 0 Å². The number of hydrogen-bond acceptors (Lipinski definition) is 1. The van der Waals surface area contributed by atoms with Crippen LogP contribution in [0.4, 0.5) is 0 Å². The molecule has 0 aromatic heterocycles. The molecular formula is C10H10BrClO. The highest BCUT2D eigenvalue weighted by molar-refractivity contribution is 9.10. The van der Waals surface area contributed by atoms with E-state index in [0.29, 0.717) is 5.02 Å². The maximum absolute atomic E-state index is 10.6. The third-order valence-electron chi connectivity index (χ3n) is 1.96. The van der Waals surface area contributed by atoms with Crippen molar-refractivity contribution >= 4 is 33.8 Å². The van der Waals surface area contributed by atoms with E-state index in [1.165, 1.54) is 0 Å². The Hall–Kier alpha value is -0.340. The van der Waals surface area contributed by atoms with Gasteiger partial charge in [-0.1, -0.05) is 24.6 Å². The fraction of sp³-hybridized carbons (Fsp3) is 0.300. The van der Waals surface area contributed by atoms with E-state index in [9.17, 15) is 4.79 Å². The molecule has 0 heterocycles. The van der Waals surface area contributed by atoms with E-state index in [1.807, 2.05) is 26.0 Å². The zero-order valence-corrected chi connectivity index (χ0v) is 9.82. The van der Waals surface area contributed by atoms with Crippen LogP contribution in [0.2, 0.25) is 5.02 Å². The maximum atomic E-state index is 10.6. The second-order valence-corrected chi connectivity index (χ2v) is 4.29. The van der Waals surface area contributed by atoms with Gasteiger partial charge in [-0.15, -0.1) is 0 Å². The van der Waals surface area contributed by atoms with E-state index in [-0.39, 0.29) is 5.92 Å². The zero-order chi connectivity index (χ0) is 10.0. The van der Waals surface area contributed by atoms with Crippen molar-refractivity contribution in [3.63, 3.8) is 0 Å². The lowest BCUT2D eigenvalue weighted by Gasteiger charge is -2.08. The highest BCUT2D eigenvalue weighted by Crippen LogP contribution is 2.29. The summed E-state index contributed by atoms with van der Waals surface area (Å²) in [6, 6.07) is 3.82. The second kappa shape index (κ2) is 4.25. The summed E-state index contributed by atoms with van der Waals surface area (Å²) in [7, 11) is 0. The number of aryl methyl sites for hydroxylation is 1. The summed E-state index contributed by atoms with van der Waals surface area (Å²) >= 11 is 9.31. The molecule has 3 heteroatoms. The van der Waals surface area contributed by atoms with Crippen LogP contribution >= 0.6 is 27.5 Å². The largest absolute Gasteiger partial charge is 0.303 e. The standard InChI is InChI=1S/C10H10BrClO/c1-6-3-8(7(2)5-13)4-9(11)10(6)12/h3-5,7H,1-2H3. The number of carbonyl (C=O) groups is 1. The Morgan fingerprint density at radius 3 is 2.62 bits per heavy atom. The van der Waals surface area contributed by atoms with Gasteiger partial charge in [0.05, 0.1) is 5.02 Å². The second-order valence-electron chi connectivity index (χ2n) is 3.06. The van der Waals surface area contributed by atoms with Crippen molar-refractivity contribution in [2.24, 2.45) is 0 Å². The van der Waals surface area contributed by atoms with Gasteiger partial charge >= 0.3 is 0 Å². The minimum absolute atomic E-state index is 0.0766. The Kier molecular flexibility index (Phi) is 3.51. The van der Waals surface area contributed by atoms with Crippen molar-refractivity contribution < 1.29 is 4.79 Å². The van der Waals surface area contributed by atoms with Gasteiger partial charge in [0, 0.05) is 10.4 Å². The third kappa shape index (κ3) is 2.32. The summed E-state index contributed by atoms with van der Waals surface area (Å²) in [5.74, 6) is -0.0766. The van der Waals surface area contributed by atoms with Crippen molar-refractivity contribution in [2.45, 2.75) is 19.8 Å². The minimum Gasteiger partial charge on any atom is -0.303 e. The fourth-order valence-corrected chi connectivity index (χ4v) is 1.78. The van der Waals surface area contributed by atoms with Crippen LogP contribution in [0.1, 0.15) is 24.0 Å². The van der Waals surface area contributed by atoms with Gasteiger partial charge in [0.1, 0.15) is 6.29 Å². The molecule has 70 valence electrons. The lowest BCUT2D eigenvalue weighted by Crippen LogP contribution is -1.95. The average Bonchev–Trinajstić information content (AvgIpc) is 2.12. The molecule has 0 spiro atoms. The predicted octanol–water partition coefficient (Wildman–Crippen LogP) is 3.71. The van der Waals surface area contributed by atoms with Gasteiger partial charge in [0.15, 0.2) is 0 Å². The SMILES string of the molecule is Cc1cc(C(C)C=O)cc(Br)c1Cl. The molecule has 13 heavy (non-hydrogen) atoms. The maximum Gasteiger partial charge on any atom is 0.127 e. The van der Waals surface area contributed by atoms with E-state index in [2.05, 4.69) is 15.9 Å². The monoisotopic (exact) mass is 260 g/mol. The number of aldehydes is 1. The van der Waals surface area contributed by atoms with Crippen LogP contribution < -0.4 is 0 Å². The number of benzene rings is 1. The van der Waals surface area contributed by atoms with Crippen LogP contribution in [-0.4, -0.2) is 6.29 Å². The molecule has 1 aromatic carbocycles. The molecular weight excluding hydrogens is 251 g/mol. The van der Waals surface area contributed by atoms with Gasteiger partial charge in [-0.3, -0.25) is 0 Å². The van der Waals surface area contributed by atoms with Gasteiger partial charge < -0.3 is 4.79 Å². The molecule has 1 atom stereocenters. The van der Waals surface area contributed by atoms with Crippen LogP contribution in [0.5, 0.6) is 0 Å². The molecule has 0 amide bonds. The molecule has 0 N–H and O–H groups in total. The summed E-state index contributed by atoms with van der Waals surface area (Å²) in [5.41, 5.74) is 1.98. The molecule has 1 unspecified atom stereocenters. The predicted molar refractivity (Wildman–Crippen MR) is 58.4 cm³/mol. The number of rotatable bonds is 2. The molecule has 1 nitrogen and oxygen atoms in total. The molecule has 1 aromatic rings. The van der Waals surface area contributed by atoms with Crippen LogP contribution in [-0.2, 0) is 4.79 Å². The van der Waals surface area contributed by atoms with Gasteiger partial charge in [-0.25, -0.2) is 0 Å². The number of hydrogen-bond donors (Lipinski definition) is 0. The first-order valence-corrected chi connectivity index (χ1v) is 5.14.